The van der Waals surface area contributed by atoms with E-state index in [1.54, 1.807) is 0 Å². The lowest BCUT2D eigenvalue weighted by atomic mass is 9.73. The molecule has 4 heteroatoms. The molecule has 5 rings (SSSR count). The van der Waals surface area contributed by atoms with Crippen LogP contribution in [0.1, 0.15) is 56.2 Å². The largest absolute Gasteiger partial charge is 0.450 e. The summed E-state index contributed by atoms with van der Waals surface area (Å²) in [4.78, 5) is 14.7. The number of fused-ring (bicyclic) bond motifs is 4. The number of amides is 1. The summed E-state index contributed by atoms with van der Waals surface area (Å²) in [6.07, 6.45) is 10.8. The summed E-state index contributed by atoms with van der Waals surface area (Å²) in [6.45, 7) is 5.90. The second-order valence-electron chi connectivity index (χ2n) is 9.33. The number of allylic oxidation sites excluding steroid dienone is 2. The van der Waals surface area contributed by atoms with Crippen molar-refractivity contribution in [1.82, 2.24) is 10.2 Å². The van der Waals surface area contributed by atoms with Crippen LogP contribution in [0.5, 0.6) is 0 Å². The van der Waals surface area contributed by atoms with Crippen LogP contribution < -0.4 is 5.32 Å². The number of carbonyl (C=O) groups excluding carboxylic acids is 1. The lowest BCUT2D eigenvalue weighted by Gasteiger charge is -2.41. The fourth-order valence-electron chi connectivity index (χ4n) is 6.41. The molecule has 0 unspecified atom stereocenters. The van der Waals surface area contributed by atoms with Gasteiger partial charge in [-0.1, -0.05) is 36.4 Å². The van der Waals surface area contributed by atoms with Crippen molar-refractivity contribution in [3.05, 3.63) is 47.5 Å². The Balaban J connectivity index is 1.26. The van der Waals surface area contributed by atoms with Crippen LogP contribution in [-0.4, -0.2) is 37.2 Å². The summed E-state index contributed by atoms with van der Waals surface area (Å²) >= 11 is 0. The highest BCUT2D eigenvalue weighted by atomic mass is 16.5. The molecule has 4 atom stereocenters. The number of hydrogen-bond donors (Lipinski definition) is 1. The van der Waals surface area contributed by atoms with E-state index in [9.17, 15) is 4.79 Å². The van der Waals surface area contributed by atoms with Crippen LogP contribution in [0.2, 0.25) is 0 Å². The Bertz CT molecular complexity index is 766. The lowest BCUT2D eigenvalue weighted by molar-refractivity contribution is 0.124. The molecular formula is C24H32N2O2. The first-order chi connectivity index (χ1) is 13.7. The molecular weight excluding hydrogens is 348 g/mol. The third kappa shape index (κ3) is 3.16. The highest BCUT2D eigenvalue weighted by Crippen LogP contribution is 2.51. The number of carbonyl (C=O) groups is 1. The fraction of sp³-hybridized carbons (Fsp3) is 0.625. The number of benzene rings is 1. The molecule has 0 aromatic heterocycles. The third-order valence-corrected chi connectivity index (χ3v) is 7.79. The molecule has 1 aromatic rings. The van der Waals surface area contributed by atoms with Crippen LogP contribution in [0, 0.1) is 17.8 Å². The molecule has 1 aliphatic heterocycles. The van der Waals surface area contributed by atoms with Crippen molar-refractivity contribution in [3.8, 4) is 0 Å². The predicted molar refractivity (Wildman–Crippen MR) is 110 cm³/mol. The average Bonchev–Trinajstić information content (AvgIpc) is 3.39. The molecule has 1 aromatic carbocycles. The smallest absolute Gasteiger partial charge is 0.407 e. The van der Waals surface area contributed by atoms with Crippen molar-refractivity contribution in [1.29, 1.82) is 0 Å². The Labute approximate surface area is 168 Å². The number of piperidine rings is 1. The van der Waals surface area contributed by atoms with Crippen molar-refractivity contribution in [2.24, 2.45) is 17.8 Å². The zero-order valence-corrected chi connectivity index (χ0v) is 16.9. The van der Waals surface area contributed by atoms with Gasteiger partial charge in [0.05, 0.1) is 12.6 Å². The third-order valence-electron chi connectivity index (χ3n) is 7.79. The Hall–Kier alpha value is -1.81. The number of nitrogens with zero attached hydrogens (tertiary/aromatic N) is 1. The van der Waals surface area contributed by atoms with E-state index in [0.717, 1.165) is 24.2 Å². The minimum atomic E-state index is -0.291. The molecule has 28 heavy (non-hydrogen) atoms. The van der Waals surface area contributed by atoms with Gasteiger partial charge in [-0.2, -0.15) is 0 Å². The minimum absolute atomic E-state index is 0.0810. The summed E-state index contributed by atoms with van der Waals surface area (Å²) in [5.41, 5.74) is 2.97. The first-order valence-electron chi connectivity index (χ1n) is 11.1. The molecule has 0 radical (unpaired) electrons. The van der Waals surface area contributed by atoms with E-state index >= 15 is 0 Å². The number of likely N-dealkylation sites (tertiary alicyclic amines) is 1. The number of ether oxygens (including phenoxy) is 1. The maximum atomic E-state index is 12.0. The normalized spacial score (nSPS) is 32.6. The quantitative estimate of drug-likeness (QED) is 0.786. The van der Waals surface area contributed by atoms with Crippen LogP contribution >= 0.6 is 0 Å². The first kappa shape index (κ1) is 18.2. The van der Waals surface area contributed by atoms with E-state index < -0.39 is 0 Å². The molecule has 1 spiro atoms. The van der Waals surface area contributed by atoms with Gasteiger partial charge in [0, 0.05) is 12.0 Å². The molecule has 4 aliphatic rings. The van der Waals surface area contributed by atoms with Gasteiger partial charge in [-0.25, -0.2) is 4.79 Å². The topological polar surface area (TPSA) is 41.6 Å². The van der Waals surface area contributed by atoms with E-state index in [4.69, 9.17) is 4.74 Å². The maximum absolute atomic E-state index is 12.0. The zero-order chi connectivity index (χ0) is 19.1. The van der Waals surface area contributed by atoms with Gasteiger partial charge in [0.1, 0.15) is 0 Å². The van der Waals surface area contributed by atoms with Crippen molar-refractivity contribution in [2.75, 3.05) is 26.2 Å². The second kappa shape index (κ2) is 7.22. The van der Waals surface area contributed by atoms with Gasteiger partial charge < -0.3 is 15.0 Å². The number of rotatable bonds is 4. The number of hydrogen-bond acceptors (Lipinski definition) is 3. The average molecular weight is 381 g/mol. The standard InChI is InChI=1S/C24H32N2O2/c1-2-28-23(27)25-22-15-24(21-6-4-3-5-20(21)22)9-11-26(12-10-24)16-19-14-17-7-8-18(19)13-17/h3-8,17-19,22H,2,9-16H2,1H3,(H,25,27)/t17-,18+,19+,22-/m0/s1. The van der Waals surface area contributed by atoms with Gasteiger partial charge in [0.15, 0.2) is 0 Å². The molecule has 1 N–H and O–H groups in total. The van der Waals surface area contributed by atoms with E-state index in [-0.39, 0.29) is 17.6 Å². The van der Waals surface area contributed by atoms with Crippen LogP contribution in [0.25, 0.3) is 0 Å². The summed E-state index contributed by atoms with van der Waals surface area (Å²) in [6, 6.07) is 8.81. The van der Waals surface area contributed by atoms with E-state index in [1.807, 2.05) is 6.92 Å². The summed E-state index contributed by atoms with van der Waals surface area (Å²) in [5.74, 6) is 2.58. The summed E-state index contributed by atoms with van der Waals surface area (Å²) in [7, 11) is 0. The van der Waals surface area contributed by atoms with E-state index in [0.29, 0.717) is 6.61 Å². The summed E-state index contributed by atoms with van der Waals surface area (Å²) < 4.78 is 5.15. The lowest BCUT2D eigenvalue weighted by Crippen LogP contribution is -2.44. The Morgan fingerprint density at radius 2 is 2.04 bits per heavy atom. The van der Waals surface area contributed by atoms with Crippen LogP contribution in [0.15, 0.2) is 36.4 Å². The van der Waals surface area contributed by atoms with Gasteiger partial charge in [-0.3, -0.25) is 0 Å². The molecule has 150 valence electrons. The Morgan fingerprint density at radius 1 is 1.21 bits per heavy atom. The highest BCUT2D eigenvalue weighted by Gasteiger charge is 2.46. The van der Waals surface area contributed by atoms with Crippen molar-refractivity contribution in [2.45, 2.75) is 50.5 Å². The molecule has 4 nitrogen and oxygen atoms in total. The Kier molecular flexibility index (Phi) is 4.70. The van der Waals surface area contributed by atoms with Crippen LogP contribution in [-0.2, 0) is 10.2 Å². The second-order valence-corrected chi connectivity index (χ2v) is 9.33. The predicted octanol–water partition coefficient (Wildman–Crippen LogP) is 4.42. The van der Waals surface area contributed by atoms with E-state index in [1.165, 1.54) is 56.4 Å². The maximum Gasteiger partial charge on any atom is 0.407 e. The fourth-order valence-corrected chi connectivity index (χ4v) is 6.41. The number of nitrogens with one attached hydrogen (secondary N) is 1. The molecule has 2 bridgehead atoms. The van der Waals surface area contributed by atoms with Crippen molar-refractivity contribution in [3.63, 3.8) is 0 Å². The van der Waals surface area contributed by atoms with Gasteiger partial charge in [0.2, 0.25) is 0 Å². The Morgan fingerprint density at radius 3 is 2.75 bits per heavy atom. The first-order valence-corrected chi connectivity index (χ1v) is 11.1. The minimum Gasteiger partial charge on any atom is -0.450 e. The van der Waals surface area contributed by atoms with Gasteiger partial charge in [-0.15, -0.1) is 0 Å². The van der Waals surface area contributed by atoms with Gasteiger partial charge >= 0.3 is 6.09 Å². The molecule has 2 fully saturated rings. The van der Waals surface area contributed by atoms with E-state index in [2.05, 4.69) is 46.6 Å². The molecule has 1 amide bonds. The van der Waals surface area contributed by atoms with Crippen molar-refractivity contribution < 1.29 is 9.53 Å². The summed E-state index contributed by atoms with van der Waals surface area (Å²) in [5, 5.41) is 3.11. The number of alkyl carbamates (subject to hydrolysis) is 1. The van der Waals surface area contributed by atoms with Gasteiger partial charge in [0.25, 0.3) is 0 Å². The zero-order valence-electron chi connectivity index (χ0n) is 16.9. The highest BCUT2D eigenvalue weighted by molar-refractivity contribution is 5.68. The van der Waals surface area contributed by atoms with Crippen molar-refractivity contribution >= 4 is 6.09 Å². The van der Waals surface area contributed by atoms with Gasteiger partial charge in [-0.05, 0) is 81.0 Å². The molecule has 1 saturated heterocycles. The molecule has 1 saturated carbocycles. The monoisotopic (exact) mass is 380 g/mol. The van der Waals surface area contributed by atoms with Crippen LogP contribution in [0.4, 0.5) is 4.79 Å². The SMILES string of the molecule is CCOC(=O)N[C@H]1CC2(CCN(C[C@H]3C[C@H]4C=C[C@@H]3C4)CC2)c2ccccc21. The molecule has 1 heterocycles. The molecule has 3 aliphatic carbocycles. The van der Waals surface area contributed by atoms with Crippen LogP contribution in [0.3, 0.4) is 0 Å².